The Morgan fingerprint density at radius 1 is 0.967 bits per heavy atom. The van der Waals surface area contributed by atoms with Crippen LogP contribution in [0.25, 0.3) is 0 Å². The van der Waals surface area contributed by atoms with Gasteiger partial charge in [0.15, 0.2) is 11.5 Å². The molecule has 0 fully saturated rings. The molecule has 1 aliphatic heterocycles. The van der Waals surface area contributed by atoms with E-state index in [1.165, 1.54) is 36.7 Å². The summed E-state index contributed by atoms with van der Waals surface area (Å²) in [5, 5.41) is 0. The molecule has 2 aromatic carbocycles. The molecular weight excluding hydrogens is 428 g/mol. The van der Waals surface area contributed by atoms with E-state index in [0.29, 0.717) is 36.6 Å². The van der Waals surface area contributed by atoms with Gasteiger partial charge in [0, 0.05) is 24.8 Å². The van der Waals surface area contributed by atoms with E-state index in [1.807, 2.05) is 13.0 Å². The second-order valence-corrected chi connectivity index (χ2v) is 10.8. The molecule has 0 atom stereocenters. The van der Waals surface area contributed by atoms with Crippen LogP contribution in [0.4, 0.5) is 5.69 Å². The first-order valence-electron chi connectivity index (χ1n) is 9.54. The number of sulfonamides is 2. The quantitative estimate of drug-likeness (QED) is 0.658. The third-order valence-electron chi connectivity index (χ3n) is 4.96. The van der Waals surface area contributed by atoms with Crippen molar-refractivity contribution < 1.29 is 26.3 Å². The molecule has 0 spiro atoms. The minimum Gasteiger partial charge on any atom is -0.493 e. The Bertz CT molecular complexity index is 1130. The molecule has 0 amide bonds. The highest BCUT2D eigenvalue weighted by Crippen LogP contribution is 2.31. The second kappa shape index (κ2) is 8.83. The lowest BCUT2D eigenvalue weighted by Crippen LogP contribution is -2.37. The molecule has 8 nitrogen and oxygen atoms in total. The summed E-state index contributed by atoms with van der Waals surface area (Å²) < 4.78 is 64.8. The van der Waals surface area contributed by atoms with Gasteiger partial charge in [0.25, 0.3) is 10.0 Å². The van der Waals surface area contributed by atoms with Gasteiger partial charge in [0.2, 0.25) is 10.0 Å². The summed E-state index contributed by atoms with van der Waals surface area (Å²) in [4.78, 5) is 0.0324. The maximum atomic E-state index is 12.8. The number of benzene rings is 2. The van der Waals surface area contributed by atoms with Crippen LogP contribution in [-0.2, 0) is 33.0 Å². The van der Waals surface area contributed by atoms with Crippen molar-refractivity contribution in [1.82, 2.24) is 4.31 Å². The van der Waals surface area contributed by atoms with Crippen molar-refractivity contribution in [1.29, 1.82) is 0 Å². The van der Waals surface area contributed by atoms with Crippen LogP contribution in [0.2, 0.25) is 0 Å². The summed E-state index contributed by atoms with van der Waals surface area (Å²) in [5.74, 6) is 0.842. The Morgan fingerprint density at radius 3 is 2.37 bits per heavy atom. The Labute approximate surface area is 177 Å². The summed E-state index contributed by atoms with van der Waals surface area (Å²) in [6.45, 7) is 2.51. The number of methoxy groups -OCH3 is 2. The van der Waals surface area contributed by atoms with Crippen molar-refractivity contribution in [3.05, 3.63) is 47.5 Å². The van der Waals surface area contributed by atoms with Crippen LogP contribution in [-0.4, -0.2) is 47.7 Å². The van der Waals surface area contributed by atoms with Crippen LogP contribution in [0, 0.1) is 0 Å². The van der Waals surface area contributed by atoms with Gasteiger partial charge in [0.1, 0.15) is 0 Å². The van der Waals surface area contributed by atoms with Gasteiger partial charge in [-0.3, -0.25) is 4.72 Å². The number of fused-ring (bicyclic) bond motifs is 1. The van der Waals surface area contributed by atoms with Gasteiger partial charge in [0.05, 0.1) is 24.9 Å². The van der Waals surface area contributed by atoms with Crippen molar-refractivity contribution in [2.45, 2.75) is 31.2 Å². The largest absolute Gasteiger partial charge is 0.493 e. The Kier molecular flexibility index (Phi) is 6.59. The fraction of sp³-hybridized carbons (Fsp3) is 0.400. The van der Waals surface area contributed by atoms with Crippen molar-refractivity contribution in [3.63, 3.8) is 0 Å². The average molecular weight is 455 g/mol. The smallest absolute Gasteiger partial charge is 0.262 e. The van der Waals surface area contributed by atoms with Gasteiger partial charge < -0.3 is 9.47 Å². The highest BCUT2D eigenvalue weighted by Gasteiger charge is 2.26. The third kappa shape index (κ3) is 4.71. The molecule has 0 saturated heterocycles. The highest BCUT2D eigenvalue weighted by atomic mass is 32.2. The predicted molar refractivity (Wildman–Crippen MR) is 115 cm³/mol. The first-order valence-corrected chi connectivity index (χ1v) is 12.6. The summed E-state index contributed by atoms with van der Waals surface area (Å²) in [6.07, 6.45) is 1.15. The van der Waals surface area contributed by atoms with E-state index in [-0.39, 0.29) is 17.2 Å². The maximum Gasteiger partial charge on any atom is 0.262 e. The number of rotatable bonds is 8. The van der Waals surface area contributed by atoms with Crippen LogP contribution in [0.1, 0.15) is 24.5 Å². The average Bonchev–Trinajstić information content (AvgIpc) is 2.72. The van der Waals surface area contributed by atoms with Crippen molar-refractivity contribution in [2.24, 2.45) is 0 Å². The third-order valence-corrected chi connectivity index (χ3v) is 8.36. The molecule has 0 saturated carbocycles. The van der Waals surface area contributed by atoms with Crippen LogP contribution < -0.4 is 14.2 Å². The van der Waals surface area contributed by atoms with Crippen LogP contribution in [0.5, 0.6) is 11.5 Å². The first-order chi connectivity index (χ1) is 14.2. The lowest BCUT2D eigenvalue weighted by atomic mass is 10.0. The number of hydrogen-bond donors (Lipinski definition) is 1. The maximum absolute atomic E-state index is 12.8. The summed E-state index contributed by atoms with van der Waals surface area (Å²) in [5.41, 5.74) is 2.19. The van der Waals surface area contributed by atoms with Gasteiger partial charge in [-0.1, -0.05) is 13.0 Å². The first kappa shape index (κ1) is 22.4. The van der Waals surface area contributed by atoms with E-state index >= 15 is 0 Å². The summed E-state index contributed by atoms with van der Waals surface area (Å²) in [6, 6.07) is 9.57. The Balaban J connectivity index is 1.85. The zero-order valence-corrected chi connectivity index (χ0v) is 18.8. The second-order valence-electron chi connectivity index (χ2n) is 7.01. The van der Waals surface area contributed by atoms with Gasteiger partial charge in [-0.2, -0.15) is 4.31 Å². The fourth-order valence-corrected chi connectivity index (χ4v) is 5.96. The van der Waals surface area contributed by atoms with E-state index in [1.54, 1.807) is 12.1 Å². The monoisotopic (exact) mass is 454 g/mol. The Morgan fingerprint density at radius 2 is 1.70 bits per heavy atom. The minimum atomic E-state index is -3.87. The normalized spacial score (nSPS) is 14.8. The van der Waals surface area contributed by atoms with Gasteiger partial charge in [-0.15, -0.1) is 0 Å². The van der Waals surface area contributed by atoms with Crippen LogP contribution in [0.15, 0.2) is 41.3 Å². The number of nitrogens with one attached hydrogen (secondary N) is 1. The predicted octanol–water partition coefficient (Wildman–Crippen LogP) is 2.60. The standard InChI is InChI=1S/C20H26N2O6S2/c1-4-11-29(23,24)22-10-9-15-5-6-17(12-16(15)14-22)21-30(25,26)18-7-8-19(27-2)20(13-18)28-3/h5-8,12-13,21H,4,9-11,14H2,1-3H3. The lowest BCUT2D eigenvalue weighted by Gasteiger charge is -2.28. The van der Waals surface area contributed by atoms with Gasteiger partial charge in [-0.25, -0.2) is 16.8 Å². The number of hydrogen-bond acceptors (Lipinski definition) is 6. The Hall–Kier alpha value is -2.30. The zero-order chi connectivity index (χ0) is 21.9. The molecule has 1 N–H and O–H groups in total. The molecule has 0 unspecified atom stereocenters. The molecule has 1 heterocycles. The van der Waals surface area contributed by atoms with Gasteiger partial charge in [-0.05, 0) is 48.2 Å². The molecule has 10 heteroatoms. The van der Waals surface area contributed by atoms with E-state index in [4.69, 9.17) is 9.47 Å². The number of nitrogens with zero attached hydrogens (tertiary/aromatic N) is 1. The summed E-state index contributed by atoms with van der Waals surface area (Å²) in [7, 11) is -4.27. The topological polar surface area (TPSA) is 102 Å². The molecule has 164 valence electrons. The van der Waals surface area contributed by atoms with E-state index in [9.17, 15) is 16.8 Å². The molecule has 0 radical (unpaired) electrons. The van der Waals surface area contributed by atoms with Crippen LogP contribution >= 0.6 is 0 Å². The van der Waals surface area contributed by atoms with E-state index in [0.717, 1.165) is 11.1 Å². The molecule has 2 aromatic rings. The SMILES string of the molecule is CCCS(=O)(=O)N1CCc2ccc(NS(=O)(=O)c3ccc(OC)c(OC)c3)cc2C1. The van der Waals surface area contributed by atoms with Crippen molar-refractivity contribution in [2.75, 3.05) is 31.2 Å². The number of anilines is 1. The van der Waals surface area contributed by atoms with E-state index < -0.39 is 20.0 Å². The molecule has 30 heavy (non-hydrogen) atoms. The molecule has 0 aromatic heterocycles. The zero-order valence-electron chi connectivity index (χ0n) is 17.2. The molecule has 0 aliphatic carbocycles. The summed E-state index contributed by atoms with van der Waals surface area (Å²) >= 11 is 0. The molecular formula is C20H26N2O6S2. The van der Waals surface area contributed by atoms with Gasteiger partial charge >= 0.3 is 0 Å². The minimum absolute atomic E-state index is 0.0324. The fourth-order valence-electron chi connectivity index (χ4n) is 3.42. The lowest BCUT2D eigenvalue weighted by molar-refractivity contribution is 0.354. The van der Waals surface area contributed by atoms with Crippen LogP contribution in [0.3, 0.4) is 0 Å². The number of ether oxygens (including phenoxy) is 2. The van der Waals surface area contributed by atoms with E-state index in [2.05, 4.69) is 4.72 Å². The van der Waals surface area contributed by atoms with Crippen molar-refractivity contribution in [3.8, 4) is 11.5 Å². The molecule has 0 bridgehead atoms. The van der Waals surface area contributed by atoms with Crippen molar-refractivity contribution >= 4 is 25.7 Å². The molecule has 1 aliphatic rings. The molecule has 3 rings (SSSR count). The highest BCUT2D eigenvalue weighted by molar-refractivity contribution is 7.92.